The van der Waals surface area contributed by atoms with E-state index in [0.717, 1.165) is 30.4 Å². The van der Waals surface area contributed by atoms with Crippen molar-refractivity contribution in [1.29, 1.82) is 0 Å². The summed E-state index contributed by atoms with van der Waals surface area (Å²) in [6, 6.07) is 9.47. The summed E-state index contributed by atoms with van der Waals surface area (Å²) >= 11 is 0. The van der Waals surface area contributed by atoms with Crippen LogP contribution in [0.15, 0.2) is 47.3 Å². The van der Waals surface area contributed by atoms with Crippen molar-refractivity contribution >= 4 is 5.91 Å². The number of carbonyl (C=O) groups is 1. The summed E-state index contributed by atoms with van der Waals surface area (Å²) in [6.07, 6.45) is 5.76. The van der Waals surface area contributed by atoms with Gasteiger partial charge >= 0.3 is 0 Å². The number of benzene rings is 1. The standard InChI is InChI=1S/C20H23NO4/c22-19-6-2-5-17(19)18-13-25-10-8-21(18)20(23)15-4-1-3-14(11-15)16-7-9-24-12-16/h1,3-4,7,9,11-12,17-19,22H,2,5-6,8,10,13H2/t17-,18+,19-/m0/s1. The lowest BCUT2D eigenvalue weighted by molar-refractivity contribution is -0.0383. The third kappa shape index (κ3) is 3.22. The largest absolute Gasteiger partial charge is 0.472 e. The van der Waals surface area contributed by atoms with E-state index in [-0.39, 0.29) is 24.0 Å². The van der Waals surface area contributed by atoms with Crippen LogP contribution in [-0.2, 0) is 4.74 Å². The number of furan rings is 1. The Balaban J connectivity index is 1.59. The zero-order valence-electron chi connectivity index (χ0n) is 14.1. The maximum absolute atomic E-state index is 13.2. The zero-order valence-corrected chi connectivity index (χ0v) is 14.1. The molecule has 0 unspecified atom stereocenters. The highest BCUT2D eigenvalue weighted by atomic mass is 16.5. The van der Waals surface area contributed by atoms with E-state index >= 15 is 0 Å². The van der Waals surface area contributed by atoms with E-state index in [0.29, 0.717) is 25.3 Å². The third-order valence-electron chi connectivity index (χ3n) is 5.42. The molecule has 2 heterocycles. The highest BCUT2D eigenvalue weighted by Gasteiger charge is 2.39. The van der Waals surface area contributed by atoms with Crippen LogP contribution < -0.4 is 0 Å². The summed E-state index contributed by atoms with van der Waals surface area (Å²) in [6.45, 7) is 1.63. The summed E-state index contributed by atoms with van der Waals surface area (Å²) in [7, 11) is 0. The maximum atomic E-state index is 13.2. The second-order valence-corrected chi connectivity index (χ2v) is 6.90. The highest BCUT2D eigenvalue weighted by Crippen LogP contribution is 2.33. The van der Waals surface area contributed by atoms with E-state index in [1.807, 2.05) is 35.2 Å². The van der Waals surface area contributed by atoms with E-state index in [4.69, 9.17) is 9.15 Å². The molecule has 3 atom stereocenters. The van der Waals surface area contributed by atoms with Gasteiger partial charge in [0, 0.05) is 23.6 Å². The van der Waals surface area contributed by atoms with Gasteiger partial charge in [-0.05, 0) is 36.6 Å². The topological polar surface area (TPSA) is 62.9 Å². The zero-order chi connectivity index (χ0) is 17.2. The molecule has 4 rings (SSSR count). The molecule has 1 aliphatic heterocycles. The first kappa shape index (κ1) is 16.4. The van der Waals surface area contributed by atoms with Gasteiger partial charge in [0.05, 0.1) is 37.9 Å². The van der Waals surface area contributed by atoms with Crippen LogP contribution in [-0.4, -0.2) is 47.8 Å². The molecule has 2 fully saturated rings. The minimum absolute atomic E-state index is 0.0118. The molecule has 132 valence electrons. The number of ether oxygens (including phenoxy) is 1. The molecule has 1 amide bonds. The van der Waals surface area contributed by atoms with E-state index < -0.39 is 0 Å². The van der Waals surface area contributed by atoms with Gasteiger partial charge in [-0.25, -0.2) is 0 Å². The predicted octanol–water partition coefficient (Wildman–Crippen LogP) is 2.95. The Morgan fingerprint density at radius 2 is 2.12 bits per heavy atom. The molecule has 1 N–H and O–H groups in total. The van der Waals surface area contributed by atoms with Gasteiger partial charge in [-0.2, -0.15) is 0 Å². The Bertz CT molecular complexity index is 727. The lowest BCUT2D eigenvalue weighted by atomic mass is 9.93. The van der Waals surface area contributed by atoms with Gasteiger partial charge in [0.15, 0.2) is 0 Å². The molecule has 1 aliphatic carbocycles. The van der Waals surface area contributed by atoms with Crippen LogP contribution in [0.4, 0.5) is 0 Å². The second-order valence-electron chi connectivity index (χ2n) is 6.90. The predicted molar refractivity (Wildman–Crippen MR) is 93.1 cm³/mol. The molecule has 1 aromatic carbocycles. The molecule has 0 bridgehead atoms. The van der Waals surface area contributed by atoms with Crippen LogP contribution in [0.2, 0.25) is 0 Å². The van der Waals surface area contributed by atoms with Crippen LogP contribution in [0.5, 0.6) is 0 Å². The molecule has 1 saturated heterocycles. The number of carbonyl (C=O) groups excluding carboxylic acids is 1. The van der Waals surface area contributed by atoms with Crippen molar-refractivity contribution in [3.8, 4) is 11.1 Å². The quantitative estimate of drug-likeness (QED) is 0.932. The van der Waals surface area contributed by atoms with Crippen molar-refractivity contribution in [2.45, 2.75) is 31.4 Å². The minimum atomic E-state index is -0.334. The van der Waals surface area contributed by atoms with Gasteiger partial charge in [-0.3, -0.25) is 4.79 Å². The molecular weight excluding hydrogens is 318 g/mol. The number of amides is 1. The Labute approximate surface area is 147 Å². The maximum Gasteiger partial charge on any atom is 0.254 e. The number of morpholine rings is 1. The fourth-order valence-electron chi connectivity index (χ4n) is 4.07. The Kier molecular flexibility index (Phi) is 4.59. The molecule has 0 spiro atoms. The van der Waals surface area contributed by atoms with Crippen molar-refractivity contribution in [2.75, 3.05) is 19.8 Å². The van der Waals surface area contributed by atoms with Crippen LogP contribution in [0, 0.1) is 5.92 Å². The first-order chi connectivity index (χ1) is 12.2. The highest BCUT2D eigenvalue weighted by molar-refractivity contribution is 5.95. The van der Waals surface area contributed by atoms with E-state index in [1.54, 1.807) is 12.5 Å². The minimum Gasteiger partial charge on any atom is -0.472 e. The summed E-state index contributed by atoms with van der Waals surface area (Å²) in [5.41, 5.74) is 2.59. The number of hydrogen-bond donors (Lipinski definition) is 1. The van der Waals surface area contributed by atoms with Gasteiger partial charge < -0.3 is 19.2 Å². The van der Waals surface area contributed by atoms with Gasteiger partial charge in [0.25, 0.3) is 5.91 Å². The van der Waals surface area contributed by atoms with Crippen molar-refractivity contribution in [3.05, 3.63) is 48.4 Å². The molecule has 1 aromatic heterocycles. The van der Waals surface area contributed by atoms with Crippen LogP contribution in [0.1, 0.15) is 29.6 Å². The van der Waals surface area contributed by atoms with Crippen LogP contribution in [0.25, 0.3) is 11.1 Å². The fourth-order valence-corrected chi connectivity index (χ4v) is 4.07. The number of hydrogen-bond acceptors (Lipinski definition) is 4. The third-order valence-corrected chi connectivity index (χ3v) is 5.42. The fraction of sp³-hybridized carbons (Fsp3) is 0.450. The number of nitrogens with zero attached hydrogens (tertiary/aromatic N) is 1. The van der Waals surface area contributed by atoms with Gasteiger partial charge in [-0.1, -0.05) is 18.6 Å². The van der Waals surface area contributed by atoms with E-state index in [9.17, 15) is 9.90 Å². The van der Waals surface area contributed by atoms with Gasteiger partial charge in [0.2, 0.25) is 0 Å². The van der Waals surface area contributed by atoms with E-state index in [1.165, 1.54) is 0 Å². The summed E-state index contributed by atoms with van der Waals surface area (Å²) < 4.78 is 10.8. The molecule has 2 aromatic rings. The first-order valence-corrected chi connectivity index (χ1v) is 8.93. The molecule has 1 saturated carbocycles. The molecule has 0 radical (unpaired) electrons. The average Bonchev–Trinajstić information content (AvgIpc) is 3.33. The molecule has 2 aliphatic rings. The molecule has 5 nitrogen and oxygen atoms in total. The number of rotatable bonds is 3. The monoisotopic (exact) mass is 341 g/mol. The lowest BCUT2D eigenvalue weighted by Gasteiger charge is -2.40. The smallest absolute Gasteiger partial charge is 0.254 e. The van der Waals surface area contributed by atoms with Crippen molar-refractivity contribution in [3.63, 3.8) is 0 Å². The van der Waals surface area contributed by atoms with Crippen molar-refractivity contribution < 1.29 is 19.1 Å². The molecule has 25 heavy (non-hydrogen) atoms. The van der Waals surface area contributed by atoms with Crippen molar-refractivity contribution in [2.24, 2.45) is 5.92 Å². The summed E-state index contributed by atoms with van der Waals surface area (Å²) in [5, 5.41) is 10.3. The van der Waals surface area contributed by atoms with Crippen LogP contribution in [0.3, 0.4) is 0 Å². The Morgan fingerprint density at radius 3 is 2.88 bits per heavy atom. The van der Waals surface area contributed by atoms with E-state index in [2.05, 4.69) is 0 Å². The van der Waals surface area contributed by atoms with Gasteiger partial charge in [-0.15, -0.1) is 0 Å². The van der Waals surface area contributed by atoms with Crippen LogP contribution >= 0.6 is 0 Å². The molecule has 5 heteroatoms. The lowest BCUT2D eigenvalue weighted by Crippen LogP contribution is -2.53. The number of aliphatic hydroxyl groups excluding tert-OH is 1. The average molecular weight is 341 g/mol. The normalized spacial score (nSPS) is 26.8. The summed E-state index contributed by atoms with van der Waals surface area (Å²) in [5.74, 6) is 0.124. The van der Waals surface area contributed by atoms with Crippen molar-refractivity contribution in [1.82, 2.24) is 4.90 Å². The van der Waals surface area contributed by atoms with Gasteiger partial charge in [0.1, 0.15) is 0 Å². The molecular formula is C20H23NO4. The summed E-state index contributed by atoms with van der Waals surface area (Å²) in [4.78, 5) is 15.1. The number of aliphatic hydroxyl groups is 1. The SMILES string of the molecule is O=C(c1cccc(-c2ccoc2)c1)N1CCOC[C@@H]1[C@@H]1CCC[C@@H]1O. The second kappa shape index (κ2) is 7.02. The first-order valence-electron chi connectivity index (χ1n) is 8.93. The Morgan fingerprint density at radius 1 is 1.20 bits per heavy atom. The Hall–Kier alpha value is -2.11.